The van der Waals surface area contributed by atoms with Crippen LogP contribution >= 0.6 is 11.6 Å². The van der Waals surface area contributed by atoms with Gasteiger partial charge in [-0.1, -0.05) is 23.7 Å². The Morgan fingerprint density at radius 3 is 2.71 bits per heavy atom. The number of nitrogens with zero attached hydrogens (tertiary/aromatic N) is 5. The van der Waals surface area contributed by atoms with Crippen LogP contribution in [0, 0.1) is 0 Å². The second-order valence-electron chi connectivity index (χ2n) is 3.68. The van der Waals surface area contributed by atoms with Gasteiger partial charge in [0.1, 0.15) is 0 Å². The van der Waals surface area contributed by atoms with Crippen LogP contribution in [0.15, 0.2) is 24.3 Å². The van der Waals surface area contributed by atoms with Crippen molar-refractivity contribution in [1.29, 1.82) is 0 Å². The van der Waals surface area contributed by atoms with Gasteiger partial charge < -0.3 is 4.90 Å². The monoisotopic (exact) mass is 251 g/mol. The Kier molecular flexibility index (Phi) is 3.58. The van der Waals surface area contributed by atoms with Gasteiger partial charge in [-0.3, -0.25) is 0 Å². The lowest BCUT2D eigenvalue weighted by atomic mass is 10.3. The van der Waals surface area contributed by atoms with Crippen LogP contribution in [0.4, 0.5) is 5.69 Å². The average Bonchev–Trinajstić information content (AvgIpc) is 2.73. The third-order valence-corrected chi connectivity index (χ3v) is 2.93. The van der Waals surface area contributed by atoms with Crippen molar-refractivity contribution in [2.75, 3.05) is 11.4 Å². The zero-order valence-electron chi connectivity index (χ0n) is 9.84. The number of halogens is 1. The van der Waals surface area contributed by atoms with E-state index in [1.54, 1.807) is 4.68 Å². The molecule has 0 aliphatic heterocycles. The molecule has 0 unspecified atom stereocenters. The van der Waals surface area contributed by atoms with E-state index in [0.29, 0.717) is 6.54 Å². The maximum Gasteiger partial charge on any atom is 0.170 e. The lowest BCUT2D eigenvalue weighted by molar-refractivity contribution is 0.661. The minimum Gasteiger partial charge on any atom is -0.363 e. The molecule has 0 bridgehead atoms. The molecule has 0 N–H and O–H groups in total. The Balaban J connectivity index is 2.23. The minimum absolute atomic E-state index is 0.643. The van der Waals surface area contributed by atoms with E-state index in [0.717, 1.165) is 23.1 Å². The van der Waals surface area contributed by atoms with Crippen LogP contribution in [-0.4, -0.2) is 26.8 Å². The molecule has 0 saturated heterocycles. The molecular weight excluding hydrogens is 238 g/mol. The van der Waals surface area contributed by atoms with Gasteiger partial charge in [0.05, 0.1) is 17.3 Å². The smallest absolute Gasteiger partial charge is 0.170 e. The van der Waals surface area contributed by atoms with Crippen molar-refractivity contribution in [2.45, 2.75) is 13.5 Å². The number of aromatic nitrogens is 4. The van der Waals surface area contributed by atoms with E-state index < -0.39 is 0 Å². The maximum atomic E-state index is 6.18. The number of aryl methyl sites for hydroxylation is 1. The molecule has 2 rings (SSSR count). The van der Waals surface area contributed by atoms with Crippen LogP contribution in [0.25, 0.3) is 0 Å². The lowest BCUT2D eigenvalue weighted by Gasteiger charge is -2.23. The van der Waals surface area contributed by atoms with E-state index >= 15 is 0 Å². The summed E-state index contributed by atoms with van der Waals surface area (Å²) in [7, 11) is 1.83. The topological polar surface area (TPSA) is 46.8 Å². The fraction of sp³-hybridized carbons (Fsp3) is 0.364. The molecule has 17 heavy (non-hydrogen) atoms. The molecule has 0 radical (unpaired) electrons. The number of para-hydroxylation sites is 1. The Morgan fingerprint density at radius 2 is 2.12 bits per heavy atom. The second-order valence-corrected chi connectivity index (χ2v) is 4.09. The summed E-state index contributed by atoms with van der Waals surface area (Å²) in [4.78, 5) is 2.13. The van der Waals surface area contributed by atoms with Gasteiger partial charge in [0.15, 0.2) is 5.82 Å². The van der Waals surface area contributed by atoms with Crippen molar-refractivity contribution in [3.05, 3.63) is 35.1 Å². The maximum absolute atomic E-state index is 6.18. The third-order valence-electron chi connectivity index (χ3n) is 2.62. The molecule has 5 nitrogen and oxygen atoms in total. The number of anilines is 1. The van der Waals surface area contributed by atoms with Crippen molar-refractivity contribution < 1.29 is 0 Å². The first kappa shape index (κ1) is 11.9. The van der Waals surface area contributed by atoms with E-state index in [9.17, 15) is 0 Å². The number of tetrazole rings is 1. The van der Waals surface area contributed by atoms with Gasteiger partial charge >= 0.3 is 0 Å². The summed E-state index contributed by atoms with van der Waals surface area (Å²) >= 11 is 6.18. The van der Waals surface area contributed by atoms with Gasteiger partial charge in [-0.25, -0.2) is 4.68 Å². The molecule has 0 aliphatic rings. The van der Waals surface area contributed by atoms with Crippen molar-refractivity contribution in [2.24, 2.45) is 7.05 Å². The molecule has 2 aromatic rings. The molecule has 6 heteroatoms. The first-order valence-corrected chi connectivity index (χ1v) is 5.81. The van der Waals surface area contributed by atoms with Crippen molar-refractivity contribution in [3.63, 3.8) is 0 Å². The van der Waals surface area contributed by atoms with Crippen LogP contribution in [0.3, 0.4) is 0 Å². The van der Waals surface area contributed by atoms with Gasteiger partial charge in [0, 0.05) is 13.6 Å². The van der Waals surface area contributed by atoms with Gasteiger partial charge in [-0.15, -0.1) is 5.10 Å². The van der Waals surface area contributed by atoms with Crippen LogP contribution in [0.2, 0.25) is 5.02 Å². The van der Waals surface area contributed by atoms with Crippen molar-refractivity contribution in [3.8, 4) is 0 Å². The molecule has 0 spiro atoms. The molecule has 0 fully saturated rings. The van der Waals surface area contributed by atoms with E-state index in [-0.39, 0.29) is 0 Å². The molecule has 0 amide bonds. The van der Waals surface area contributed by atoms with E-state index in [1.165, 1.54) is 0 Å². The van der Waals surface area contributed by atoms with E-state index in [2.05, 4.69) is 27.3 Å². The standard InChI is InChI=1S/C11H14ClN5/c1-3-17(8-11-13-14-15-16(11)2)10-7-5-4-6-9(10)12/h4-7H,3,8H2,1-2H3. The molecular formula is C11H14ClN5. The molecule has 1 aromatic carbocycles. The van der Waals surface area contributed by atoms with Crippen LogP contribution in [0.1, 0.15) is 12.7 Å². The van der Waals surface area contributed by atoms with E-state index in [1.807, 2.05) is 31.3 Å². The lowest BCUT2D eigenvalue weighted by Crippen LogP contribution is -2.24. The summed E-state index contributed by atoms with van der Waals surface area (Å²) in [5, 5.41) is 12.2. The number of hydrogen-bond acceptors (Lipinski definition) is 4. The zero-order chi connectivity index (χ0) is 12.3. The fourth-order valence-corrected chi connectivity index (χ4v) is 1.88. The normalized spacial score (nSPS) is 10.5. The summed E-state index contributed by atoms with van der Waals surface area (Å²) in [6.45, 7) is 3.56. The quantitative estimate of drug-likeness (QED) is 0.833. The zero-order valence-corrected chi connectivity index (χ0v) is 10.6. The number of rotatable bonds is 4. The largest absolute Gasteiger partial charge is 0.363 e. The van der Waals surface area contributed by atoms with Gasteiger partial charge in [0.2, 0.25) is 0 Å². The average molecular weight is 252 g/mol. The summed E-state index contributed by atoms with van der Waals surface area (Å²) in [6.07, 6.45) is 0. The fourth-order valence-electron chi connectivity index (χ4n) is 1.63. The van der Waals surface area contributed by atoms with Gasteiger partial charge in [-0.2, -0.15) is 0 Å². The van der Waals surface area contributed by atoms with Crippen molar-refractivity contribution in [1.82, 2.24) is 20.2 Å². The molecule has 0 saturated carbocycles. The molecule has 1 heterocycles. The number of hydrogen-bond donors (Lipinski definition) is 0. The highest BCUT2D eigenvalue weighted by molar-refractivity contribution is 6.33. The Morgan fingerprint density at radius 1 is 1.35 bits per heavy atom. The second kappa shape index (κ2) is 5.14. The summed E-state index contributed by atoms with van der Waals surface area (Å²) < 4.78 is 1.67. The van der Waals surface area contributed by atoms with E-state index in [4.69, 9.17) is 11.6 Å². The summed E-state index contributed by atoms with van der Waals surface area (Å²) in [5.74, 6) is 0.812. The highest BCUT2D eigenvalue weighted by Crippen LogP contribution is 2.25. The van der Waals surface area contributed by atoms with Crippen LogP contribution < -0.4 is 4.90 Å². The predicted molar refractivity (Wildman–Crippen MR) is 67.0 cm³/mol. The first-order chi connectivity index (χ1) is 8.22. The number of benzene rings is 1. The van der Waals surface area contributed by atoms with Crippen LogP contribution in [0.5, 0.6) is 0 Å². The minimum atomic E-state index is 0.643. The first-order valence-electron chi connectivity index (χ1n) is 5.43. The Labute approximate surface area is 105 Å². The van der Waals surface area contributed by atoms with Crippen molar-refractivity contribution >= 4 is 17.3 Å². The molecule has 90 valence electrons. The summed E-state index contributed by atoms with van der Waals surface area (Å²) in [5.41, 5.74) is 1.000. The SMILES string of the molecule is CCN(Cc1nnnn1C)c1ccccc1Cl. The Bertz CT molecular complexity index is 496. The molecule has 0 aliphatic carbocycles. The summed E-state index contributed by atoms with van der Waals surface area (Å²) in [6, 6.07) is 7.77. The highest BCUT2D eigenvalue weighted by Gasteiger charge is 2.12. The Hall–Kier alpha value is -1.62. The van der Waals surface area contributed by atoms with Gasteiger partial charge in [-0.05, 0) is 29.5 Å². The highest BCUT2D eigenvalue weighted by atomic mass is 35.5. The molecule has 1 aromatic heterocycles. The molecule has 0 atom stereocenters. The predicted octanol–water partition coefficient (Wildman–Crippen LogP) is 1.89. The third kappa shape index (κ3) is 2.55. The van der Waals surface area contributed by atoms with Gasteiger partial charge in [0.25, 0.3) is 0 Å². The van der Waals surface area contributed by atoms with Crippen LogP contribution in [-0.2, 0) is 13.6 Å².